The van der Waals surface area contributed by atoms with Crippen LogP contribution < -0.4 is 5.32 Å². The number of hydrogen-bond acceptors (Lipinski definition) is 5. The molecule has 0 amide bonds. The first kappa shape index (κ1) is 11.0. The van der Waals surface area contributed by atoms with E-state index >= 15 is 0 Å². The maximum absolute atomic E-state index is 5.83. The smallest absolute Gasteiger partial charge is 0.226 e. The van der Waals surface area contributed by atoms with E-state index in [1.54, 1.807) is 12.6 Å². The van der Waals surface area contributed by atoms with Gasteiger partial charge in [-0.2, -0.15) is 9.97 Å². The second kappa shape index (κ2) is 4.30. The first-order chi connectivity index (χ1) is 8.74. The Morgan fingerprint density at radius 3 is 3.11 bits per heavy atom. The highest BCUT2D eigenvalue weighted by Crippen LogP contribution is 2.20. The third-order valence-corrected chi connectivity index (χ3v) is 2.81. The van der Waals surface area contributed by atoms with Crippen molar-refractivity contribution in [3.8, 4) is 0 Å². The van der Waals surface area contributed by atoms with Gasteiger partial charge in [0.15, 0.2) is 11.5 Å². The van der Waals surface area contributed by atoms with Gasteiger partial charge in [-0.1, -0.05) is 0 Å². The van der Waals surface area contributed by atoms with Gasteiger partial charge in [0.1, 0.15) is 11.3 Å². The highest BCUT2D eigenvalue weighted by atomic mass is 35.5. The zero-order chi connectivity index (χ0) is 12.5. The highest BCUT2D eigenvalue weighted by molar-refractivity contribution is 6.28. The van der Waals surface area contributed by atoms with Gasteiger partial charge in [0, 0.05) is 0 Å². The average Bonchev–Trinajstić information content (AvgIpc) is 2.94. The summed E-state index contributed by atoms with van der Waals surface area (Å²) >= 11 is 5.83. The van der Waals surface area contributed by atoms with Crippen LogP contribution in [0, 0.1) is 6.92 Å². The predicted octanol–water partition coefficient (Wildman–Crippen LogP) is 2.52. The Bertz CT molecular complexity index is 690. The summed E-state index contributed by atoms with van der Waals surface area (Å²) in [5, 5.41) is 3.32. The summed E-state index contributed by atoms with van der Waals surface area (Å²) in [5.41, 5.74) is 2.35. The number of rotatable bonds is 3. The van der Waals surface area contributed by atoms with E-state index in [1.165, 1.54) is 0 Å². The molecule has 0 fully saturated rings. The Morgan fingerprint density at radius 2 is 2.33 bits per heavy atom. The van der Waals surface area contributed by atoms with Crippen LogP contribution in [0.1, 0.15) is 11.3 Å². The number of hydrogen-bond donors (Lipinski definition) is 2. The second-order valence-electron chi connectivity index (χ2n) is 3.82. The standard InChI is InChI=1S/C11H10ClN5O/c1-6-2-3-18-7(6)4-13-9-8-10(15-5-14-8)17-11(12)16-9/h2-3,5H,4H2,1H3,(H2,13,14,15,16,17). The number of nitrogens with zero attached hydrogens (tertiary/aromatic N) is 3. The minimum absolute atomic E-state index is 0.160. The fourth-order valence-electron chi connectivity index (χ4n) is 1.68. The van der Waals surface area contributed by atoms with Crippen molar-refractivity contribution in [3.05, 3.63) is 35.3 Å². The zero-order valence-corrected chi connectivity index (χ0v) is 10.3. The molecule has 3 heterocycles. The minimum atomic E-state index is 0.160. The fraction of sp³-hybridized carbons (Fsp3) is 0.182. The van der Waals surface area contributed by atoms with Crippen LogP contribution in [0.4, 0.5) is 5.82 Å². The van der Waals surface area contributed by atoms with Crippen molar-refractivity contribution in [2.75, 3.05) is 5.32 Å². The first-order valence-corrected chi connectivity index (χ1v) is 5.75. The summed E-state index contributed by atoms with van der Waals surface area (Å²) in [6.07, 6.45) is 3.21. The lowest BCUT2D eigenvalue weighted by Crippen LogP contribution is -2.03. The van der Waals surface area contributed by atoms with Crippen LogP contribution in [0.5, 0.6) is 0 Å². The first-order valence-electron chi connectivity index (χ1n) is 5.37. The maximum atomic E-state index is 5.83. The molecule has 0 unspecified atom stereocenters. The van der Waals surface area contributed by atoms with E-state index in [0.29, 0.717) is 18.0 Å². The topological polar surface area (TPSA) is 79.6 Å². The van der Waals surface area contributed by atoms with Crippen LogP contribution in [-0.2, 0) is 6.54 Å². The number of aryl methyl sites for hydroxylation is 1. The Morgan fingerprint density at radius 1 is 1.44 bits per heavy atom. The summed E-state index contributed by atoms with van der Waals surface area (Å²) in [6, 6.07) is 1.91. The molecule has 0 aliphatic carbocycles. The normalized spacial score (nSPS) is 11.0. The number of imidazole rings is 1. The summed E-state index contributed by atoms with van der Waals surface area (Å²) in [6.45, 7) is 2.51. The Labute approximate surface area is 107 Å². The van der Waals surface area contributed by atoms with E-state index in [9.17, 15) is 0 Å². The van der Waals surface area contributed by atoms with Crippen LogP contribution >= 0.6 is 11.6 Å². The molecule has 7 heteroatoms. The number of H-pyrrole nitrogens is 1. The minimum Gasteiger partial charge on any atom is -0.467 e. The largest absolute Gasteiger partial charge is 0.467 e. The fourth-order valence-corrected chi connectivity index (χ4v) is 1.85. The lowest BCUT2D eigenvalue weighted by atomic mass is 10.3. The molecule has 0 spiro atoms. The van der Waals surface area contributed by atoms with Gasteiger partial charge in [0.2, 0.25) is 5.28 Å². The van der Waals surface area contributed by atoms with Gasteiger partial charge < -0.3 is 14.7 Å². The molecule has 3 aromatic rings. The molecule has 0 atom stereocenters. The number of anilines is 1. The molecule has 18 heavy (non-hydrogen) atoms. The molecule has 0 saturated carbocycles. The van der Waals surface area contributed by atoms with Crippen LogP contribution in [0.15, 0.2) is 23.1 Å². The highest BCUT2D eigenvalue weighted by Gasteiger charge is 2.09. The number of aromatic amines is 1. The van der Waals surface area contributed by atoms with Crippen molar-refractivity contribution in [3.63, 3.8) is 0 Å². The molecule has 0 saturated heterocycles. The number of fused-ring (bicyclic) bond motifs is 1. The van der Waals surface area contributed by atoms with E-state index in [-0.39, 0.29) is 5.28 Å². The van der Waals surface area contributed by atoms with E-state index < -0.39 is 0 Å². The molecule has 0 aromatic carbocycles. The molecule has 92 valence electrons. The van der Waals surface area contributed by atoms with Crippen molar-refractivity contribution in [2.45, 2.75) is 13.5 Å². The van der Waals surface area contributed by atoms with Crippen LogP contribution in [0.3, 0.4) is 0 Å². The SMILES string of the molecule is Cc1ccoc1CNc1nc(Cl)nc2nc[nH]c12. The van der Waals surface area contributed by atoms with Crippen LogP contribution in [0.25, 0.3) is 11.2 Å². The van der Waals surface area contributed by atoms with Gasteiger partial charge >= 0.3 is 0 Å². The van der Waals surface area contributed by atoms with Gasteiger partial charge in [-0.3, -0.25) is 0 Å². The van der Waals surface area contributed by atoms with E-state index in [2.05, 4.69) is 25.3 Å². The van der Waals surface area contributed by atoms with Crippen molar-refractivity contribution in [1.29, 1.82) is 0 Å². The van der Waals surface area contributed by atoms with Gasteiger partial charge in [-0.05, 0) is 30.2 Å². The lowest BCUT2D eigenvalue weighted by Gasteiger charge is -2.05. The Hall–Kier alpha value is -2.08. The predicted molar refractivity (Wildman–Crippen MR) is 67.5 cm³/mol. The van der Waals surface area contributed by atoms with Crippen molar-refractivity contribution < 1.29 is 4.42 Å². The third kappa shape index (κ3) is 1.91. The van der Waals surface area contributed by atoms with Crippen LogP contribution in [-0.4, -0.2) is 19.9 Å². The molecular formula is C11H10ClN5O. The average molecular weight is 264 g/mol. The van der Waals surface area contributed by atoms with E-state index in [0.717, 1.165) is 16.8 Å². The van der Waals surface area contributed by atoms with Crippen molar-refractivity contribution >= 4 is 28.6 Å². The third-order valence-electron chi connectivity index (χ3n) is 2.64. The Balaban J connectivity index is 1.90. The molecular weight excluding hydrogens is 254 g/mol. The lowest BCUT2D eigenvalue weighted by molar-refractivity contribution is 0.515. The molecule has 0 bridgehead atoms. The molecule has 3 rings (SSSR count). The monoisotopic (exact) mass is 263 g/mol. The van der Waals surface area contributed by atoms with Gasteiger partial charge in [-0.25, -0.2) is 4.98 Å². The molecule has 0 aliphatic heterocycles. The molecule has 6 nitrogen and oxygen atoms in total. The Kier molecular flexibility index (Phi) is 2.64. The number of nitrogens with one attached hydrogen (secondary N) is 2. The van der Waals surface area contributed by atoms with Crippen molar-refractivity contribution in [2.24, 2.45) is 0 Å². The second-order valence-corrected chi connectivity index (χ2v) is 4.16. The van der Waals surface area contributed by atoms with Gasteiger partial charge in [0.25, 0.3) is 0 Å². The quantitative estimate of drug-likeness (QED) is 0.710. The molecule has 2 N–H and O–H groups in total. The summed E-state index contributed by atoms with van der Waals surface area (Å²) < 4.78 is 5.35. The van der Waals surface area contributed by atoms with E-state index in [1.807, 2.05) is 13.0 Å². The number of halogens is 1. The zero-order valence-electron chi connectivity index (χ0n) is 9.57. The summed E-state index contributed by atoms with van der Waals surface area (Å²) in [7, 11) is 0. The van der Waals surface area contributed by atoms with Gasteiger partial charge in [0.05, 0.1) is 19.1 Å². The van der Waals surface area contributed by atoms with Crippen molar-refractivity contribution in [1.82, 2.24) is 19.9 Å². The molecule has 3 aromatic heterocycles. The summed E-state index contributed by atoms with van der Waals surface area (Å²) in [5.74, 6) is 1.47. The van der Waals surface area contributed by atoms with Crippen LogP contribution in [0.2, 0.25) is 5.28 Å². The van der Waals surface area contributed by atoms with E-state index in [4.69, 9.17) is 16.0 Å². The summed E-state index contributed by atoms with van der Waals surface area (Å²) in [4.78, 5) is 15.2. The number of aromatic nitrogens is 4. The van der Waals surface area contributed by atoms with Gasteiger partial charge in [-0.15, -0.1) is 0 Å². The molecule has 0 aliphatic rings. The molecule has 0 radical (unpaired) electrons. The maximum Gasteiger partial charge on any atom is 0.226 e. The number of furan rings is 1.